The Morgan fingerprint density at radius 2 is 2.00 bits per heavy atom. The number of aromatic nitrogens is 1. The second-order valence-electron chi connectivity index (χ2n) is 4.65. The zero-order valence-corrected chi connectivity index (χ0v) is 11.3. The zero-order chi connectivity index (χ0) is 13.3. The number of aryl methyl sites for hydroxylation is 1. The molecule has 0 amide bonds. The third kappa shape index (κ3) is 2.91. The van der Waals surface area contributed by atoms with Crippen LogP contribution in [0.4, 0.5) is 0 Å². The predicted molar refractivity (Wildman–Crippen MR) is 66.6 cm³/mol. The monoisotopic (exact) mass is 255 g/mol. The van der Waals surface area contributed by atoms with Gasteiger partial charge in [0.25, 0.3) is 0 Å². The SMILES string of the molecule is Cc1cccnc1CC(=O)C(C)(C)S(C)(=O)=O. The fraction of sp³-hybridized carbons (Fsp3) is 0.500. The molecule has 1 aromatic rings. The van der Waals surface area contributed by atoms with Crippen molar-refractivity contribution >= 4 is 15.6 Å². The highest BCUT2D eigenvalue weighted by atomic mass is 32.2. The minimum atomic E-state index is -3.41. The van der Waals surface area contributed by atoms with Gasteiger partial charge in [-0.05, 0) is 32.4 Å². The van der Waals surface area contributed by atoms with E-state index in [1.165, 1.54) is 13.8 Å². The highest BCUT2D eigenvalue weighted by Gasteiger charge is 2.38. The molecule has 1 heterocycles. The number of carbonyl (C=O) groups excluding carboxylic acids is 1. The quantitative estimate of drug-likeness (QED) is 0.814. The lowest BCUT2D eigenvalue weighted by molar-refractivity contribution is -0.120. The highest BCUT2D eigenvalue weighted by Crippen LogP contribution is 2.19. The lowest BCUT2D eigenvalue weighted by Gasteiger charge is -2.20. The molecule has 0 aliphatic rings. The van der Waals surface area contributed by atoms with Gasteiger partial charge in [-0.25, -0.2) is 8.42 Å². The minimum Gasteiger partial charge on any atom is -0.298 e. The van der Waals surface area contributed by atoms with Gasteiger partial charge < -0.3 is 0 Å². The van der Waals surface area contributed by atoms with Gasteiger partial charge in [-0.15, -0.1) is 0 Å². The molecule has 0 atom stereocenters. The fourth-order valence-corrected chi connectivity index (χ4v) is 1.76. The summed E-state index contributed by atoms with van der Waals surface area (Å²) in [4.78, 5) is 16.1. The maximum Gasteiger partial charge on any atom is 0.159 e. The van der Waals surface area contributed by atoms with Crippen molar-refractivity contribution in [3.05, 3.63) is 29.6 Å². The van der Waals surface area contributed by atoms with E-state index in [4.69, 9.17) is 0 Å². The summed E-state index contributed by atoms with van der Waals surface area (Å²) in [6.07, 6.45) is 2.73. The molecule has 0 N–H and O–H groups in total. The van der Waals surface area contributed by atoms with Crippen LogP contribution in [-0.2, 0) is 21.1 Å². The van der Waals surface area contributed by atoms with Crippen molar-refractivity contribution in [2.75, 3.05) is 6.26 Å². The predicted octanol–water partition coefficient (Wildman–Crippen LogP) is 1.32. The second kappa shape index (κ2) is 4.56. The van der Waals surface area contributed by atoms with Crippen molar-refractivity contribution in [2.24, 2.45) is 0 Å². The maximum absolute atomic E-state index is 12.0. The van der Waals surface area contributed by atoms with Crippen LogP contribution < -0.4 is 0 Å². The molecule has 4 nitrogen and oxygen atoms in total. The zero-order valence-electron chi connectivity index (χ0n) is 10.5. The molecule has 0 bridgehead atoms. The average molecular weight is 255 g/mol. The molecular weight excluding hydrogens is 238 g/mol. The van der Waals surface area contributed by atoms with Crippen molar-refractivity contribution in [3.8, 4) is 0 Å². The van der Waals surface area contributed by atoms with Crippen LogP contribution in [0.2, 0.25) is 0 Å². The van der Waals surface area contributed by atoms with Crippen molar-refractivity contribution in [3.63, 3.8) is 0 Å². The molecule has 0 saturated carbocycles. The molecule has 0 aliphatic heterocycles. The van der Waals surface area contributed by atoms with Crippen molar-refractivity contribution in [1.29, 1.82) is 0 Å². The Morgan fingerprint density at radius 3 is 2.47 bits per heavy atom. The summed E-state index contributed by atoms with van der Waals surface area (Å²) >= 11 is 0. The largest absolute Gasteiger partial charge is 0.298 e. The van der Waals surface area contributed by atoms with E-state index in [1.54, 1.807) is 12.3 Å². The fourth-order valence-electron chi connectivity index (χ4n) is 1.28. The van der Waals surface area contributed by atoms with Gasteiger partial charge in [0.1, 0.15) is 4.75 Å². The van der Waals surface area contributed by atoms with E-state index in [1.807, 2.05) is 13.0 Å². The summed E-state index contributed by atoms with van der Waals surface area (Å²) in [6, 6.07) is 3.63. The standard InChI is InChI=1S/C12H17NO3S/c1-9-6-5-7-13-10(9)8-11(14)12(2,3)17(4,15)16/h5-7H,8H2,1-4H3. The molecule has 5 heteroatoms. The summed E-state index contributed by atoms with van der Waals surface area (Å²) in [5.41, 5.74) is 1.53. The first-order chi connectivity index (χ1) is 7.66. The first-order valence-corrected chi connectivity index (χ1v) is 7.19. The number of Topliss-reactive ketones (excluding diaryl/α,β-unsaturated/α-hetero) is 1. The van der Waals surface area contributed by atoms with Crippen LogP contribution in [0.1, 0.15) is 25.1 Å². The third-order valence-electron chi connectivity index (χ3n) is 3.04. The Hall–Kier alpha value is -1.23. The van der Waals surface area contributed by atoms with Crippen LogP contribution >= 0.6 is 0 Å². The highest BCUT2D eigenvalue weighted by molar-refractivity contribution is 7.92. The molecule has 0 aromatic carbocycles. The summed E-state index contributed by atoms with van der Waals surface area (Å²) in [7, 11) is -3.41. The van der Waals surface area contributed by atoms with E-state index in [0.29, 0.717) is 5.69 Å². The van der Waals surface area contributed by atoms with E-state index < -0.39 is 14.6 Å². The Balaban J connectivity index is 2.99. The Labute approximate surface area is 102 Å². The molecular formula is C12H17NO3S. The van der Waals surface area contributed by atoms with Gasteiger partial charge in [-0.1, -0.05) is 6.07 Å². The molecule has 0 unspecified atom stereocenters. The first-order valence-electron chi connectivity index (χ1n) is 5.29. The Morgan fingerprint density at radius 1 is 1.41 bits per heavy atom. The number of hydrogen-bond donors (Lipinski definition) is 0. The molecule has 1 aromatic heterocycles. The second-order valence-corrected chi connectivity index (χ2v) is 7.21. The normalized spacial score (nSPS) is 12.5. The lowest BCUT2D eigenvalue weighted by atomic mass is 10.0. The third-order valence-corrected chi connectivity index (χ3v) is 5.13. The van der Waals surface area contributed by atoms with E-state index in [2.05, 4.69) is 4.98 Å². The van der Waals surface area contributed by atoms with Crippen LogP contribution in [0, 0.1) is 6.92 Å². The number of ketones is 1. The topological polar surface area (TPSA) is 64.1 Å². The van der Waals surface area contributed by atoms with Gasteiger partial charge in [-0.2, -0.15) is 0 Å². The minimum absolute atomic E-state index is 0.0484. The van der Waals surface area contributed by atoms with Gasteiger partial charge in [0.15, 0.2) is 15.6 Å². The Kier molecular flexibility index (Phi) is 3.71. The van der Waals surface area contributed by atoms with Gasteiger partial charge >= 0.3 is 0 Å². The average Bonchev–Trinajstić information content (AvgIpc) is 2.19. The number of sulfone groups is 1. The summed E-state index contributed by atoms with van der Waals surface area (Å²) in [6.45, 7) is 4.72. The first kappa shape index (κ1) is 13.8. The number of nitrogens with zero attached hydrogens (tertiary/aromatic N) is 1. The van der Waals surface area contributed by atoms with Crippen LogP contribution in [0.3, 0.4) is 0 Å². The summed E-state index contributed by atoms with van der Waals surface area (Å²) < 4.78 is 21.7. The number of rotatable bonds is 4. The van der Waals surface area contributed by atoms with E-state index in [-0.39, 0.29) is 12.2 Å². The lowest BCUT2D eigenvalue weighted by Crippen LogP contribution is -2.41. The molecule has 0 aliphatic carbocycles. The maximum atomic E-state index is 12.0. The molecule has 0 radical (unpaired) electrons. The number of hydrogen-bond acceptors (Lipinski definition) is 4. The molecule has 1 rings (SSSR count). The van der Waals surface area contributed by atoms with Crippen LogP contribution in [-0.4, -0.2) is 30.2 Å². The molecule has 0 spiro atoms. The van der Waals surface area contributed by atoms with E-state index >= 15 is 0 Å². The molecule has 17 heavy (non-hydrogen) atoms. The summed E-state index contributed by atoms with van der Waals surface area (Å²) in [5.74, 6) is -0.332. The van der Waals surface area contributed by atoms with Gasteiger partial charge in [-0.3, -0.25) is 9.78 Å². The van der Waals surface area contributed by atoms with Crippen LogP contribution in [0.15, 0.2) is 18.3 Å². The van der Waals surface area contributed by atoms with Crippen molar-refractivity contribution in [2.45, 2.75) is 31.9 Å². The summed E-state index contributed by atoms with van der Waals surface area (Å²) in [5, 5.41) is 0. The van der Waals surface area contributed by atoms with Crippen molar-refractivity contribution in [1.82, 2.24) is 4.98 Å². The molecule has 94 valence electrons. The number of carbonyl (C=O) groups is 1. The Bertz CT molecular complexity index is 532. The smallest absolute Gasteiger partial charge is 0.159 e. The van der Waals surface area contributed by atoms with E-state index in [9.17, 15) is 13.2 Å². The van der Waals surface area contributed by atoms with Gasteiger partial charge in [0.2, 0.25) is 0 Å². The van der Waals surface area contributed by atoms with Crippen molar-refractivity contribution < 1.29 is 13.2 Å². The molecule has 0 fully saturated rings. The van der Waals surface area contributed by atoms with Crippen LogP contribution in [0.5, 0.6) is 0 Å². The molecule has 0 saturated heterocycles. The van der Waals surface area contributed by atoms with Gasteiger partial charge in [0, 0.05) is 12.5 Å². The van der Waals surface area contributed by atoms with Gasteiger partial charge in [0.05, 0.1) is 12.1 Å². The van der Waals surface area contributed by atoms with Crippen LogP contribution in [0.25, 0.3) is 0 Å². The number of pyridine rings is 1. The van der Waals surface area contributed by atoms with E-state index in [0.717, 1.165) is 11.8 Å².